The predicted octanol–water partition coefficient (Wildman–Crippen LogP) is 1.61. The molecule has 6 heteroatoms. The summed E-state index contributed by atoms with van der Waals surface area (Å²) in [6.07, 6.45) is 2.72. The van der Waals surface area contributed by atoms with E-state index < -0.39 is 0 Å². The molecule has 0 radical (unpaired) electrons. The molecule has 1 aromatic rings. The number of amides is 1. The zero-order valence-corrected chi connectivity index (χ0v) is 14.9. The summed E-state index contributed by atoms with van der Waals surface area (Å²) in [6, 6.07) is 0.720. The Hall–Kier alpha value is -0.980. The standard InChI is InChI=1S/C17H26N4OS/c1-12-16(18-13(2)23-12)17(22)21-9-7-20(8-10-21)15-11-19-5-3-14(15)4-6-19/h14-15H,3-11H2,1-2H3/t15-/m0/s1. The number of carbonyl (C=O) groups is 1. The van der Waals surface area contributed by atoms with Gasteiger partial charge in [-0.3, -0.25) is 9.69 Å². The average molecular weight is 334 g/mol. The van der Waals surface area contributed by atoms with Crippen LogP contribution in [-0.4, -0.2) is 77.4 Å². The van der Waals surface area contributed by atoms with Crippen molar-refractivity contribution < 1.29 is 4.79 Å². The number of rotatable bonds is 2. The van der Waals surface area contributed by atoms with Gasteiger partial charge in [0.1, 0.15) is 5.69 Å². The largest absolute Gasteiger partial charge is 0.335 e. The van der Waals surface area contributed by atoms with Crippen molar-refractivity contribution in [3.63, 3.8) is 0 Å². The van der Waals surface area contributed by atoms with Crippen LogP contribution in [-0.2, 0) is 0 Å². The van der Waals surface area contributed by atoms with Gasteiger partial charge in [0, 0.05) is 43.6 Å². The Bertz CT molecular complexity index is 585. The average Bonchev–Trinajstić information content (AvgIpc) is 2.94. The second-order valence-electron chi connectivity index (χ2n) is 7.17. The van der Waals surface area contributed by atoms with Crippen molar-refractivity contribution in [3.05, 3.63) is 15.6 Å². The quantitative estimate of drug-likeness (QED) is 0.824. The minimum Gasteiger partial charge on any atom is -0.335 e. The number of thiazole rings is 1. The Morgan fingerprint density at radius 2 is 1.78 bits per heavy atom. The predicted molar refractivity (Wildman–Crippen MR) is 92.0 cm³/mol. The van der Waals surface area contributed by atoms with Crippen molar-refractivity contribution in [1.29, 1.82) is 0 Å². The van der Waals surface area contributed by atoms with Crippen LogP contribution in [0.3, 0.4) is 0 Å². The smallest absolute Gasteiger partial charge is 0.273 e. The highest BCUT2D eigenvalue weighted by atomic mass is 32.1. The molecule has 0 N–H and O–H groups in total. The van der Waals surface area contributed by atoms with Crippen molar-refractivity contribution >= 4 is 17.2 Å². The van der Waals surface area contributed by atoms with Gasteiger partial charge in [-0.25, -0.2) is 4.98 Å². The molecule has 0 aliphatic carbocycles. The summed E-state index contributed by atoms with van der Waals surface area (Å²) >= 11 is 1.62. The third-order valence-corrected chi connectivity index (χ3v) is 6.68. The van der Waals surface area contributed by atoms with E-state index in [-0.39, 0.29) is 5.91 Å². The molecular weight excluding hydrogens is 308 g/mol. The van der Waals surface area contributed by atoms with E-state index in [0.717, 1.165) is 48.0 Å². The molecule has 0 aromatic carbocycles. The van der Waals surface area contributed by atoms with E-state index in [0.29, 0.717) is 5.69 Å². The first-order valence-electron chi connectivity index (χ1n) is 8.81. The number of piperidine rings is 3. The number of fused-ring (bicyclic) bond motifs is 3. The zero-order valence-electron chi connectivity index (χ0n) is 14.1. The molecule has 1 atom stereocenters. The van der Waals surface area contributed by atoms with Gasteiger partial charge < -0.3 is 9.80 Å². The summed E-state index contributed by atoms with van der Waals surface area (Å²) in [7, 11) is 0. The maximum atomic E-state index is 12.7. The molecule has 5 nitrogen and oxygen atoms in total. The summed E-state index contributed by atoms with van der Waals surface area (Å²) in [5.41, 5.74) is 0.670. The minimum absolute atomic E-state index is 0.125. The van der Waals surface area contributed by atoms with E-state index in [1.54, 1.807) is 11.3 Å². The molecule has 0 saturated carbocycles. The number of aryl methyl sites for hydroxylation is 2. The van der Waals surface area contributed by atoms with Gasteiger partial charge in [-0.15, -0.1) is 11.3 Å². The fourth-order valence-electron chi connectivity index (χ4n) is 4.48. The molecule has 126 valence electrons. The molecule has 1 aromatic heterocycles. The SMILES string of the molecule is Cc1nc(C(=O)N2CCN([C@H]3CN4CCC3CC4)CC2)c(C)s1. The van der Waals surface area contributed by atoms with Crippen molar-refractivity contribution in [2.75, 3.05) is 45.8 Å². The zero-order chi connectivity index (χ0) is 16.0. The second-order valence-corrected chi connectivity index (χ2v) is 8.58. The molecule has 4 saturated heterocycles. The molecule has 4 aliphatic heterocycles. The van der Waals surface area contributed by atoms with Gasteiger partial charge >= 0.3 is 0 Å². The van der Waals surface area contributed by atoms with Crippen LogP contribution < -0.4 is 0 Å². The highest BCUT2D eigenvalue weighted by Gasteiger charge is 2.38. The Kier molecular flexibility index (Phi) is 4.15. The maximum absolute atomic E-state index is 12.7. The molecule has 0 unspecified atom stereocenters. The molecule has 0 spiro atoms. The van der Waals surface area contributed by atoms with E-state index >= 15 is 0 Å². The monoisotopic (exact) mass is 334 g/mol. The van der Waals surface area contributed by atoms with E-state index in [1.165, 1.54) is 32.5 Å². The fourth-order valence-corrected chi connectivity index (χ4v) is 5.29. The van der Waals surface area contributed by atoms with Crippen LogP contribution in [0.1, 0.15) is 33.2 Å². The van der Waals surface area contributed by atoms with E-state index in [1.807, 2.05) is 18.7 Å². The minimum atomic E-state index is 0.125. The van der Waals surface area contributed by atoms with Crippen LogP contribution in [0.5, 0.6) is 0 Å². The molecule has 4 aliphatic rings. The van der Waals surface area contributed by atoms with Crippen molar-refractivity contribution in [1.82, 2.24) is 19.7 Å². The number of carbonyl (C=O) groups excluding carboxylic acids is 1. The molecule has 2 bridgehead atoms. The van der Waals surface area contributed by atoms with Crippen LogP contribution in [0.2, 0.25) is 0 Å². The third-order valence-electron chi connectivity index (χ3n) is 5.80. The van der Waals surface area contributed by atoms with Crippen LogP contribution in [0, 0.1) is 19.8 Å². The molecule has 5 heterocycles. The van der Waals surface area contributed by atoms with E-state index in [4.69, 9.17) is 0 Å². The third kappa shape index (κ3) is 2.92. The fraction of sp³-hybridized carbons (Fsp3) is 0.765. The first-order chi connectivity index (χ1) is 11.1. The molecule has 5 rings (SSSR count). The van der Waals surface area contributed by atoms with Gasteiger partial charge in [0.15, 0.2) is 0 Å². The molecular formula is C17H26N4OS. The number of piperazine rings is 1. The first-order valence-corrected chi connectivity index (χ1v) is 9.63. The maximum Gasteiger partial charge on any atom is 0.273 e. The normalized spacial score (nSPS) is 31.6. The summed E-state index contributed by atoms with van der Waals surface area (Å²) in [6.45, 7) is 11.5. The van der Waals surface area contributed by atoms with Crippen LogP contribution in [0.15, 0.2) is 0 Å². The van der Waals surface area contributed by atoms with Crippen molar-refractivity contribution in [2.24, 2.45) is 5.92 Å². The van der Waals surface area contributed by atoms with Gasteiger partial charge in [-0.2, -0.15) is 0 Å². The van der Waals surface area contributed by atoms with Gasteiger partial charge in [0.2, 0.25) is 0 Å². The molecule has 23 heavy (non-hydrogen) atoms. The lowest BCUT2D eigenvalue weighted by molar-refractivity contribution is -0.0131. The summed E-state index contributed by atoms with van der Waals surface area (Å²) < 4.78 is 0. The van der Waals surface area contributed by atoms with Crippen molar-refractivity contribution in [3.8, 4) is 0 Å². The van der Waals surface area contributed by atoms with Gasteiger partial charge in [-0.05, 0) is 45.7 Å². The van der Waals surface area contributed by atoms with E-state index in [9.17, 15) is 4.79 Å². The Morgan fingerprint density at radius 1 is 1.09 bits per heavy atom. The topological polar surface area (TPSA) is 39.7 Å². The van der Waals surface area contributed by atoms with Crippen molar-refractivity contribution in [2.45, 2.75) is 32.7 Å². The highest BCUT2D eigenvalue weighted by Crippen LogP contribution is 2.31. The number of hydrogen-bond donors (Lipinski definition) is 0. The second kappa shape index (κ2) is 6.15. The van der Waals surface area contributed by atoms with E-state index in [2.05, 4.69) is 14.8 Å². The van der Waals surface area contributed by atoms with Crippen LogP contribution >= 0.6 is 11.3 Å². The Morgan fingerprint density at radius 3 is 2.30 bits per heavy atom. The number of nitrogens with zero attached hydrogens (tertiary/aromatic N) is 4. The van der Waals surface area contributed by atoms with Crippen LogP contribution in [0.25, 0.3) is 0 Å². The van der Waals surface area contributed by atoms with Crippen LogP contribution in [0.4, 0.5) is 0 Å². The Labute approximate surface area is 142 Å². The lowest BCUT2D eigenvalue weighted by Crippen LogP contribution is -2.61. The Balaban J connectivity index is 1.37. The molecule has 4 fully saturated rings. The van der Waals surface area contributed by atoms with Gasteiger partial charge in [0.05, 0.1) is 5.01 Å². The van der Waals surface area contributed by atoms with Gasteiger partial charge in [-0.1, -0.05) is 0 Å². The summed E-state index contributed by atoms with van der Waals surface area (Å²) in [5, 5.41) is 0.983. The summed E-state index contributed by atoms with van der Waals surface area (Å²) in [5.74, 6) is 1.01. The lowest BCUT2D eigenvalue weighted by atomic mass is 9.83. The summed E-state index contributed by atoms with van der Waals surface area (Å²) in [4.78, 5) is 25.4. The number of aromatic nitrogens is 1. The first kappa shape index (κ1) is 15.5. The molecule has 1 amide bonds. The lowest BCUT2D eigenvalue weighted by Gasteiger charge is -2.50. The highest BCUT2D eigenvalue weighted by molar-refractivity contribution is 7.11. The number of hydrogen-bond acceptors (Lipinski definition) is 5. The van der Waals surface area contributed by atoms with Gasteiger partial charge in [0.25, 0.3) is 5.91 Å².